The second kappa shape index (κ2) is 11.7. The van der Waals surface area contributed by atoms with E-state index in [4.69, 9.17) is 4.74 Å². The maximum Gasteiger partial charge on any atom is 0.201 e. The monoisotopic (exact) mass is 686 g/mol. The fourth-order valence-electron chi connectivity index (χ4n) is 7.71. The van der Waals surface area contributed by atoms with E-state index in [0.717, 1.165) is 24.3 Å². The molecule has 14 heteroatoms. The summed E-state index contributed by atoms with van der Waals surface area (Å²) in [6.45, 7) is -2.15. The molecule has 50 heavy (non-hydrogen) atoms. The predicted molar refractivity (Wildman–Crippen MR) is 168 cm³/mol. The van der Waals surface area contributed by atoms with Gasteiger partial charge in [0, 0.05) is 16.7 Å². The van der Waals surface area contributed by atoms with Crippen LogP contribution in [-0.2, 0) is 23.4 Å². The van der Waals surface area contributed by atoms with E-state index in [1.54, 1.807) is 0 Å². The predicted octanol–water partition coefficient (Wildman–Crippen LogP) is -0.00980. The minimum absolute atomic E-state index is 0.0221. The van der Waals surface area contributed by atoms with E-state index in [1.807, 2.05) is 0 Å². The number of ketones is 3. The average molecular weight is 687 g/mol. The lowest BCUT2D eigenvalue weighted by Crippen LogP contribution is -2.65. The van der Waals surface area contributed by atoms with Gasteiger partial charge < -0.3 is 55.8 Å². The van der Waals surface area contributed by atoms with Gasteiger partial charge in [0.2, 0.25) is 11.6 Å². The second-order valence-corrected chi connectivity index (χ2v) is 12.5. The molecular weight excluding hydrogens is 656 g/mol. The smallest absolute Gasteiger partial charge is 0.201 e. The maximum absolute atomic E-state index is 14.1. The Hall–Kier alpha value is -5.19. The molecule has 0 aromatic heterocycles. The highest BCUT2D eigenvalue weighted by atomic mass is 16.5. The third-order valence-corrected chi connectivity index (χ3v) is 9.93. The Morgan fingerprint density at radius 3 is 1.86 bits per heavy atom. The van der Waals surface area contributed by atoms with E-state index in [-0.39, 0.29) is 38.9 Å². The van der Waals surface area contributed by atoms with Gasteiger partial charge in [-0.3, -0.25) is 14.4 Å². The molecule has 2 aliphatic carbocycles. The van der Waals surface area contributed by atoms with Gasteiger partial charge in [-0.25, -0.2) is 0 Å². The van der Waals surface area contributed by atoms with E-state index >= 15 is 0 Å². The Kier molecular flexibility index (Phi) is 7.80. The van der Waals surface area contributed by atoms with Crippen molar-refractivity contribution in [3.8, 4) is 23.0 Å². The van der Waals surface area contributed by atoms with Crippen LogP contribution in [0.3, 0.4) is 0 Å². The molecule has 1 fully saturated rings. The van der Waals surface area contributed by atoms with Crippen LogP contribution in [0.2, 0.25) is 0 Å². The van der Waals surface area contributed by atoms with Crippen LogP contribution in [0, 0.1) is 0 Å². The third-order valence-electron chi connectivity index (χ3n) is 9.93. The summed E-state index contributed by atoms with van der Waals surface area (Å²) in [5.74, 6) is -5.63. The number of carbonyl (C=O) groups is 3. The first-order valence-corrected chi connectivity index (χ1v) is 15.4. The molecule has 0 amide bonds. The lowest BCUT2D eigenvalue weighted by Gasteiger charge is -2.52. The van der Waals surface area contributed by atoms with Crippen molar-refractivity contribution in [1.82, 2.24) is 0 Å². The average Bonchev–Trinajstić information content (AvgIpc) is 3.10. The number of fused-ring (bicyclic) bond motifs is 4. The zero-order chi connectivity index (χ0) is 36.0. The number of benzene rings is 4. The van der Waals surface area contributed by atoms with Gasteiger partial charge in [-0.1, -0.05) is 24.3 Å². The van der Waals surface area contributed by atoms with Crippen LogP contribution >= 0.6 is 0 Å². The van der Waals surface area contributed by atoms with E-state index in [2.05, 4.69) is 0 Å². The standard InChI is InChI=1S/C36H30O14/c37-10-13-6-16-24(21(41)8-13)31(46)25-15(28(16)43)4-5-18(29(25)44)36(35-34(49)33(48)30(45)23(12-39)50-35)17-2-1-3-20(40)26(17)32(47)27-19(36)7-14(11-38)9-22(27)42/h1-9,23,30,33-35,37-42,44-45,48-49H,10-12H2/t23-,30-,33+,34-,35+,36+/m1/s1. The molecule has 7 rings (SSSR count). The van der Waals surface area contributed by atoms with Crippen molar-refractivity contribution in [2.45, 2.75) is 49.1 Å². The maximum atomic E-state index is 14.1. The fraction of sp³-hybridized carbons (Fsp3) is 0.250. The molecule has 4 aromatic carbocycles. The summed E-state index contributed by atoms with van der Waals surface area (Å²) in [5, 5.41) is 109. The van der Waals surface area contributed by atoms with Crippen LogP contribution in [-0.4, -0.2) is 106 Å². The highest BCUT2D eigenvalue weighted by Gasteiger charge is 2.60. The minimum atomic E-state index is -2.33. The van der Waals surface area contributed by atoms with Crippen LogP contribution < -0.4 is 0 Å². The highest BCUT2D eigenvalue weighted by molar-refractivity contribution is 6.30. The Balaban J connectivity index is 1.64. The number of phenols is 4. The molecule has 10 N–H and O–H groups in total. The lowest BCUT2D eigenvalue weighted by molar-refractivity contribution is -0.239. The highest BCUT2D eigenvalue weighted by Crippen LogP contribution is 2.57. The Morgan fingerprint density at radius 1 is 0.580 bits per heavy atom. The zero-order valence-corrected chi connectivity index (χ0v) is 25.8. The van der Waals surface area contributed by atoms with Gasteiger partial charge in [0.1, 0.15) is 53.5 Å². The Morgan fingerprint density at radius 2 is 1.20 bits per heavy atom. The first-order chi connectivity index (χ1) is 23.8. The van der Waals surface area contributed by atoms with Gasteiger partial charge >= 0.3 is 0 Å². The number of aliphatic hydroxyl groups is 6. The number of hydrogen-bond acceptors (Lipinski definition) is 14. The van der Waals surface area contributed by atoms with Crippen molar-refractivity contribution in [3.05, 3.63) is 116 Å². The largest absolute Gasteiger partial charge is 0.507 e. The van der Waals surface area contributed by atoms with E-state index < -0.39 is 118 Å². The summed E-state index contributed by atoms with van der Waals surface area (Å²) in [4.78, 5) is 42.0. The number of phenolic OH excluding ortho intramolecular Hbond substituents is 4. The molecule has 6 atom stereocenters. The van der Waals surface area contributed by atoms with Gasteiger partial charge in [0.05, 0.1) is 47.5 Å². The quantitative estimate of drug-likeness (QED) is 0.117. The van der Waals surface area contributed by atoms with E-state index in [0.29, 0.717) is 0 Å². The first kappa shape index (κ1) is 33.3. The molecule has 0 spiro atoms. The Labute approximate surface area is 282 Å². The summed E-state index contributed by atoms with van der Waals surface area (Å²) in [5.41, 5.74) is -5.56. The topological polar surface area (TPSA) is 263 Å². The van der Waals surface area contributed by atoms with Crippen molar-refractivity contribution < 1.29 is 70.2 Å². The summed E-state index contributed by atoms with van der Waals surface area (Å²) < 4.78 is 6.10. The number of carbonyl (C=O) groups excluding carboxylic acids is 3. The molecule has 14 nitrogen and oxygen atoms in total. The molecule has 3 aliphatic rings. The molecule has 0 unspecified atom stereocenters. The molecule has 0 bridgehead atoms. The van der Waals surface area contributed by atoms with Crippen LogP contribution in [0.25, 0.3) is 0 Å². The van der Waals surface area contributed by atoms with Gasteiger partial charge in [-0.05, 0) is 52.6 Å². The number of rotatable bonds is 5. The van der Waals surface area contributed by atoms with Gasteiger partial charge in [-0.2, -0.15) is 0 Å². The zero-order valence-electron chi connectivity index (χ0n) is 25.8. The molecule has 258 valence electrons. The van der Waals surface area contributed by atoms with Crippen molar-refractivity contribution in [1.29, 1.82) is 0 Å². The fourth-order valence-corrected chi connectivity index (χ4v) is 7.71. The van der Waals surface area contributed by atoms with Crippen molar-refractivity contribution in [3.63, 3.8) is 0 Å². The third kappa shape index (κ3) is 4.31. The number of aliphatic hydroxyl groups excluding tert-OH is 6. The van der Waals surface area contributed by atoms with Crippen LogP contribution in [0.15, 0.2) is 54.6 Å². The normalized spacial score (nSPS) is 25.5. The number of aromatic hydroxyl groups is 4. The summed E-state index contributed by atoms with van der Waals surface area (Å²) in [6.07, 6.45) is -9.44. The van der Waals surface area contributed by atoms with Gasteiger partial charge in [0.25, 0.3) is 0 Å². The number of ether oxygens (including phenoxy) is 1. The van der Waals surface area contributed by atoms with E-state index in [9.17, 15) is 65.4 Å². The van der Waals surface area contributed by atoms with E-state index in [1.165, 1.54) is 30.3 Å². The van der Waals surface area contributed by atoms with Crippen LogP contribution in [0.1, 0.15) is 75.6 Å². The molecule has 0 saturated carbocycles. The van der Waals surface area contributed by atoms with Crippen molar-refractivity contribution in [2.24, 2.45) is 0 Å². The first-order valence-electron chi connectivity index (χ1n) is 15.4. The van der Waals surface area contributed by atoms with Gasteiger partial charge in [0.15, 0.2) is 5.78 Å². The lowest BCUT2D eigenvalue weighted by atomic mass is 9.57. The molecular formula is C36H30O14. The van der Waals surface area contributed by atoms with Crippen molar-refractivity contribution >= 4 is 17.3 Å². The summed E-state index contributed by atoms with van der Waals surface area (Å²) >= 11 is 0. The molecule has 1 saturated heterocycles. The summed E-state index contributed by atoms with van der Waals surface area (Å²) in [6, 6.07) is 10.8. The molecule has 1 aliphatic heterocycles. The van der Waals surface area contributed by atoms with Gasteiger partial charge in [-0.15, -0.1) is 0 Å². The molecule has 4 aromatic rings. The van der Waals surface area contributed by atoms with Crippen LogP contribution in [0.4, 0.5) is 0 Å². The molecule has 1 heterocycles. The molecule has 0 radical (unpaired) electrons. The SMILES string of the molecule is O=C1c2cc(CO)cc(O)c2C(=O)c2c1ccc([C@@]1([C@H]3O[C@H](CO)[C@@H](O)[C@H](O)[C@H]3O)c3cccc(O)c3C(=O)c3c(O)cc(CO)cc31)c2O. The Bertz CT molecular complexity index is 2140. The number of hydrogen-bond donors (Lipinski definition) is 10. The minimum Gasteiger partial charge on any atom is -0.507 e. The summed E-state index contributed by atoms with van der Waals surface area (Å²) in [7, 11) is 0. The van der Waals surface area contributed by atoms with Crippen LogP contribution in [0.5, 0.6) is 23.0 Å². The van der Waals surface area contributed by atoms with Crippen molar-refractivity contribution in [2.75, 3.05) is 6.61 Å². The second-order valence-electron chi connectivity index (χ2n) is 12.5.